The Morgan fingerprint density at radius 2 is 1.77 bits per heavy atom. The molecule has 0 aliphatic heterocycles. The van der Waals surface area contributed by atoms with E-state index in [0.29, 0.717) is 16.5 Å². The lowest BCUT2D eigenvalue weighted by Crippen LogP contribution is -2.29. The zero-order valence-electron chi connectivity index (χ0n) is 15.8. The lowest BCUT2D eigenvalue weighted by molar-refractivity contribution is 0.209. The molecule has 1 heterocycles. The number of hydrogen-bond acceptors (Lipinski definition) is 5. The molecule has 0 saturated carbocycles. The van der Waals surface area contributed by atoms with E-state index in [1.165, 1.54) is 11.0 Å². The fourth-order valence-corrected chi connectivity index (χ4v) is 5.75. The highest BCUT2D eigenvalue weighted by molar-refractivity contribution is 7.89. The third-order valence-corrected chi connectivity index (χ3v) is 7.38. The van der Waals surface area contributed by atoms with Crippen LogP contribution in [0.25, 0.3) is 0 Å². The first-order valence-electron chi connectivity index (χ1n) is 8.80. The molecule has 0 unspecified atom stereocenters. The van der Waals surface area contributed by atoms with Gasteiger partial charge in [0, 0.05) is 19.3 Å². The van der Waals surface area contributed by atoms with E-state index in [0.717, 1.165) is 22.6 Å². The van der Waals surface area contributed by atoms with Gasteiger partial charge in [0.2, 0.25) is 10.0 Å². The number of ether oxygens (including phenoxy) is 1. The molecule has 0 spiro atoms. The minimum atomic E-state index is -3.73. The van der Waals surface area contributed by atoms with Crippen LogP contribution >= 0.6 is 34.5 Å². The number of anilines is 1. The maximum absolute atomic E-state index is 12.3. The van der Waals surface area contributed by atoms with Crippen molar-refractivity contribution in [3.05, 3.63) is 74.9 Å². The molecular formula is C20H18Cl2N2O4S2. The molecule has 0 radical (unpaired) electrons. The monoisotopic (exact) mass is 484 g/mol. The molecule has 1 aromatic heterocycles. The predicted molar refractivity (Wildman–Crippen MR) is 121 cm³/mol. The van der Waals surface area contributed by atoms with Gasteiger partial charge in [0.1, 0.15) is 15.0 Å². The largest absolute Gasteiger partial charge is 0.419 e. The highest BCUT2D eigenvalue weighted by Crippen LogP contribution is 2.34. The van der Waals surface area contributed by atoms with Gasteiger partial charge in [0.15, 0.2) is 0 Å². The van der Waals surface area contributed by atoms with Crippen molar-refractivity contribution in [1.29, 1.82) is 0 Å². The lowest BCUT2D eigenvalue weighted by atomic mass is 10.1. The van der Waals surface area contributed by atoms with E-state index in [1.807, 2.05) is 30.3 Å². The number of nitrogens with zero attached hydrogens (tertiary/aromatic N) is 1. The lowest BCUT2D eigenvalue weighted by Gasteiger charge is -2.16. The Morgan fingerprint density at radius 3 is 2.37 bits per heavy atom. The van der Waals surface area contributed by atoms with E-state index in [4.69, 9.17) is 27.9 Å². The summed E-state index contributed by atoms with van der Waals surface area (Å²) in [6.07, 6.45) is -0.0552. The van der Waals surface area contributed by atoms with Crippen molar-refractivity contribution in [2.24, 2.45) is 0 Å². The first-order valence-corrected chi connectivity index (χ1v) is 11.9. The molecular weight excluding hydrogens is 467 g/mol. The van der Waals surface area contributed by atoms with E-state index >= 15 is 0 Å². The Labute approximate surface area is 189 Å². The van der Waals surface area contributed by atoms with Crippen LogP contribution in [0.1, 0.15) is 5.56 Å². The number of amides is 1. The van der Waals surface area contributed by atoms with Crippen LogP contribution in [0.15, 0.2) is 65.6 Å². The first-order chi connectivity index (χ1) is 14.3. The van der Waals surface area contributed by atoms with E-state index < -0.39 is 16.1 Å². The average molecular weight is 485 g/mol. The van der Waals surface area contributed by atoms with Gasteiger partial charge in [-0.3, -0.25) is 4.90 Å². The van der Waals surface area contributed by atoms with E-state index in [1.54, 1.807) is 31.3 Å². The van der Waals surface area contributed by atoms with Gasteiger partial charge < -0.3 is 4.74 Å². The number of carbonyl (C=O) groups is 1. The predicted octanol–water partition coefficient (Wildman–Crippen LogP) is 5.21. The van der Waals surface area contributed by atoms with Gasteiger partial charge in [-0.05, 0) is 42.3 Å². The number of halogens is 2. The van der Waals surface area contributed by atoms with Gasteiger partial charge in [-0.1, -0.05) is 53.5 Å². The minimum Gasteiger partial charge on any atom is -0.410 e. The second-order valence-electron chi connectivity index (χ2n) is 6.24. The summed E-state index contributed by atoms with van der Waals surface area (Å²) in [5, 5.41) is 0. The Balaban J connectivity index is 1.53. The smallest absolute Gasteiger partial charge is 0.410 e. The van der Waals surface area contributed by atoms with Crippen LogP contribution in [0, 0.1) is 0 Å². The second-order valence-corrected chi connectivity index (χ2v) is 10.3. The van der Waals surface area contributed by atoms with Crippen LogP contribution in [0.4, 0.5) is 10.5 Å². The van der Waals surface area contributed by atoms with Gasteiger partial charge >= 0.3 is 6.09 Å². The highest BCUT2D eigenvalue weighted by atomic mass is 35.5. The third kappa shape index (κ3) is 5.74. The maximum Gasteiger partial charge on any atom is 0.419 e. The molecule has 2 aromatic carbocycles. The Kier molecular flexibility index (Phi) is 7.38. The molecule has 0 aliphatic carbocycles. The number of thiophene rings is 1. The SMILES string of the molecule is CN(C(=O)Oc1ccc(CCNS(=O)(=O)c2cc(Cl)sc2Cl)cc1)c1ccccc1. The van der Waals surface area contributed by atoms with Crippen molar-refractivity contribution >= 4 is 56.3 Å². The quantitative estimate of drug-likeness (QED) is 0.499. The fourth-order valence-electron chi connectivity index (χ4n) is 2.57. The molecule has 10 heteroatoms. The Morgan fingerprint density at radius 1 is 1.10 bits per heavy atom. The molecule has 6 nitrogen and oxygen atoms in total. The molecule has 30 heavy (non-hydrogen) atoms. The molecule has 1 amide bonds. The molecule has 158 valence electrons. The van der Waals surface area contributed by atoms with E-state index in [9.17, 15) is 13.2 Å². The molecule has 0 saturated heterocycles. The first kappa shape index (κ1) is 22.6. The molecule has 3 aromatic rings. The molecule has 0 atom stereocenters. The van der Waals surface area contributed by atoms with E-state index in [2.05, 4.69) is 4.72 Å². The Hall–Kier alpha value is -2.10. The van der Waals surface area contributed by atoms with Crippen LogP contribution in [0.2, 0.25) is 8.67 Å². The summed E-state index contributed by atoms with van der Waals surface area (Å²) in [5.41, 5.74) is 1.60. The van der Waals surface area contributed by atoms with Crippen molar-refractivity contribution in [3.8, 4) is 5.75 Å². The van der Waals surface area contributed by atoms with Crippen LogP contribution in [-0.4, -0.2) is 28.1 Å². The highest BCUT2D eigenvalue weighted by Gasteiger charge is 2.20. The van der Waals surface area contributed by atoms with E-state index in [-0.39, 0.29) is 15.8 Å². The van der Waals surface area contributed by atoms with Crippen molar-refractivity contribution < 1.29 is 17.9 Å². The second kappa shape index (κ2) is 9.80. The van der Waals surface area contributed by atoms with Gasteiger partial charge in [0.25, 0.3) is 0 Å². The number of para-hydroxylation sites is 1. The van der Waals surface area contributed by atoms with Crippen molar-refractivity contribution in [2.45, 2.75) is 11.3 Å². The summed E-state index contributed by atoms with van der Waals surface area (Å²) < 4.78 is 32.9. The summed E-state index contributed by atoms with van der Waals surface area (Å²) >= 11 is 12.7. The molecule has 0 bridgehead atoms. The zero-order valence-corrected chi connectivity index (χ0v) is 19.0. The zero-order chi connectivity index (χ0) is 21.7. The average Bonchev–Trinajstić information content (AvgIpc) is 3.08. The summed E-state index contributed by atoms with van der Waals surface area (Å²) in [6, 6.07) is 17.4. The summed E-state index contributed by atoms with van der Waals surface area (Å²) in [7, 11) is -2.10. The molecule has 1 N–H and O–H groups in total. The van der Waals surface area contributed by atoms with Gasteiger partial charge in [-0.15, -0.1) is 11.3 Å². The van der Waals surface area contributed by atoms with Crippen LogP contribution < -0.4 is 14.4 Å². The van der Waals surface area contributed by atoms with Crippen molar-refractivity contribution in [2.75, 3.05) is 18.5 Å². The summed E-state index contributed by atoms with van der Waals surface area (Å²) in [4.78, 5) is 13.6. The minimum absolute atomic E-state index is 0.0241. The van der Waals surface area contributed by atoms with Crippen molar-refractivity contribution in [3.63, 3.8) is 0 Å². The number of sulfonamides is 1. The number of nitrogens with one attached hydrogen (secondary N) is 1. The number of benzene rings is 2. The van der Waals surface area contributed by atoms with Crippen LogP contribution in [-0.2, 0) is 16.4 Å². The normalized spacial score (nSPS) is 11.3. The number of carbonyl (C=O) groups excluding carboxylic acids is 1. The standard InChI is InChI=1S/C20H18Cl2N2O4S2/c1-24(15-5-3-2-4-6-15)20(25)28-16-9-7-14(8-10-16)11-12-23-30(26,27)17-13-18(21)29-19(17)22/h2-10,13,23H,11-12H2,1H3. The topological polar surface area (TPSA) is 75.7 Å². The number of rotatable bonds is 7. The maximum atomic E-state index is 12.3. The van der Waals surface area contributed by atoms with Crippen LogP contribution in [0.5, 0.6) is 5.75 Å². The van der Waals surface area contributed by atoms with Gasteiger partial charge in [-0.25, -0.2) is 17.9 Å². The summed E-state index contributed by atoms with van der Waals surface area (Å²) in [5.74, 6) is 0.395. The third-order valence-electron chi connectivity index (χ3n) is 4.17. The van der Waals surface area contributed by atoms with Gasteiger partial charge in [-0.2, -0.15) is 0 Å². The molecule has 3 rings (SSSR count). The summed E-state index contributed by atoms with van der Waals surface area (Å²) in [6.45, 7) is 0.183. The van der Waals surface area contributed by atoms with Crippen LogP contribution in [0.3, 0.4) is 0 Å². The van der Waals surface area contributed by atoms with Crippen molar-refractivity contribution in [1.82, 2.24) is 4.72 Å². The molecule has 0 aliphatic rings. The molecule has 0 fully saturated rings. The van der Waals surface area contributed by atoms with Gasteiger partial charge in [0.05, 0.1) is 4.34 Å². The Bertz CT molecular complexity index is 1120. The number of hydrogen-bond donors (Lipinski definition) is 1. The fraction of sp³-hybridized carbons (Fsp3) is 0.150.